The van der Waals surface area contributed by atoms with Crippen molar-refractivity contribution >= 4 is 30.5 Å². The summed E-state index contributed by atoms with van der Waals surface area (Å²) in [6.45, 7) is 7.50. The summed E-state index contributed by atoms with van der Waals surface area (Å²) in [5, 5.41) is 12.2. The highest BCUT2D eigenvalue weighted by Gasteiger charge is 2.54. The van der Waals surface area contributed by atoms with E-state index < -0.39 is 19.5 Å². The fourth-order valence-electron chi connectivity index (χ4n) is 7.00. The number of benzene rings is 2. The summed E-state index contributed by atoms with van der Waals surface area (Å²) in [7, 11) is 1.16. The molecule has 0 aliphatic heterocycles. The normalized spacial score (nSPS) is 31.4. The van der Waals surface area contributed by atoms with Gasteiger partial charge in [0.1, 0.15) is 5.75 Å². The lowest BCUT2D eigenvalue weighted by Gasteiger charge is -2.56. The first kappa shape index (κ1) is 23.7. The Morgan fingerprint density at radius 3 is 2.09 bits per heavy atom. The minimum absolute atomic E-state index is 0.0999. The zero-order chi connectivity index (χ0) is 24.1. The first-order chi connectivity index (χ1) is 16.1. The fraction of sp³-hybridized carbons (Fsp3) is 0.621. The second-order valence-electron chi connectivity index (χ2n) is 12.5. The summed E-state index contributed by atoms with van der Waals surface area (Å²) in [6.07, 6.45) is 10.7. The van der Waals surface area contributed by atoms with Crippen LogP contribution in [0.3, 0.4) is 0 Å². The first-order valence-corrected chi connectivity index (χ1v) is 16.9. The number of anilines is 1. The maximum atomic E-state index is 11.8. The second kappa shape index (κ2) is 8.58. The number of hydrogen-bond acceptors (Lipinski definition) is 3. The summed E-state index contributed by atoms with van der Waals surface area (Å²) in [5.41, 5.74) is 1.81. The molecule has 4 aliphatic rings. The van der Waals surface area contributed by atoms with Crippen LogP contribution in [0.2, 0.25) is 25.2 Å². The molecule has 2 aromatic carbocycles. The van der Waals surface area contributed by atoms with Crippen LogP contribution in [0, 0.1) is 5.41 Å². The molecule has 2 aromatic rings. The lowest BCUT2D eigenvalue weighted by Crippen LogP contribution is -2.57. The van der Waals surface area contributed by atoms with Crippen LogP contribution in [0.15, 0.2) is 36.4 Å². The Morgan fingerprint density at radius 1 is 0.912 bits per heavy atom. The molecule has 0 unspecified atom stereocenters. The minimum atomic E-state index is -1.04. The van der Waals surface area contributed by atoms with Gasteiger partial charge in [0.15, 0.2) is 0 Å². The van der Waals surface area contributed by atoms with E-state index in [-0.39, 0.29) is 5.54 Å². The van der Waals surface area contributed by atoms with Crippen molar-refractivity contribution in [2.45, 2.75) is 101 Å². The van der Waals surface area contributed by atoms with Gasteiger partial charge in [0.05, 0.1) is 11.5 Å². The molecule has 184 valence electrons. The molecule has 0 spiro atoms. The highest BCUT2D eigenvalue weighted by molar-refractivity contribution is 6.77. The summed E-state index contributed by atoms with van der Waals surface area (Å²) in [4.78, 5) is 14.3. The fourth-order valence-corrected chi connectivity index (χ4v) is 9.06. The molecular formula is C29H41NO3Si. The highest BCUT2D eigenvalue weighted by atomic mass is 28.3. The maximum Gasteiger partial charge on any atom is 0.309 e. The summed E-state index contributed by atoms with van der Waals surface area (Å²) < 4.78 is 6.42. The lowest BCUT2D eigenvalue weighted by molar-refractivity contribution is -0.156. The van der Waals surface area contributed by atoms with Gasteiger partial charge in [0, 0.05) is 26.3 Å². The minimum Gasteiger partial charge on any atom is -0.490 e. The van der Waals surface area contributed by atoms with E-state index >= 15 is 0 Å². The molecule has 34 heavy (non-hydrogen) atoms. The van der Waals surface area contributed by atoms with E-state index in [1.807, 2.05) is 0 Å². The van der Waals surface area contributed by atoms with Crippen LogP contribution in [0.4, 0.5) is 5.69 Å². The van der Waals surface area contributed by atoms with Gasteiger partial charge in [-0.2, -0.15) is 0 Å². The van der Waals surface area contributed by atoms with Gasteiger partial charge in [-0.05, 0) is 105 Å². The molecule has 0 heterocycles. The molecule has 1 N–H and O–H groups in total. The van der Waals surface area contributed by atoms with Crippen LogP contribution in [-0.4, -0.2) is 37.8 Å². The third-order valence-corrected chi connectivity index (χ3v) is 12.8. The van der Waals surface area contributed by atoms with Crippen molar-refractivity contribution in [2.24, 2.45) is 5.41 Å². The quantitative estimate of drug-likeness (QED) is 0.436. The molecule has 4 nitrogen and oxygen atoms in total. The molecule has 0 atom stereocenters. The van der Waals surface area contributed by atoms with Crippen LogP contribution < -0.4 is 9.64 Å². The van der Waals surface area contributed by atoms with Gasteiger partial charge in [0.2, 0.25) is 0 Å². The van der Waals surface area contributed by atoms with Gasteiger partial charge in [-0.3, -0.25) is 4.79 Å². The average molecular weight is 480 g/mol. The van der Waals surface area contributed by atoms with Crippen molar-refractivity contribution in [3.8, 4) is 5.75 Å². The molecule has 4 saturated carbocycles. The summed E-state index contributed by atoms with van der Waals surface area (Å²) >= 11 is 0. The largest absolute Gasteiger partial charge is 0.490 e. The predicted octanol–water partition coefficient (Wildman–Crippen LogP) is 7.48. The molecule has 0 radical (unpaired) electrons. The molecule has 5 heteroatoms. The maximum absolute atomic E-state index is 11.8. The van der Waals surface area contributed by atoms with Crippen LogP contribution in [0.5, 0.6) is 5.75 Å². The van der Waals surface area contributed by atoms with E-state index in [9.17, 15) is 9.90 Å². The second-order valence-corrected chi connectivity index (χ2v) is 18.1. The Bertz CT molecular complexity index is 1040. The van der Waals surface area contributed by atoms with E-state index in [0.717, 1.165) is 49.8 Å². The SMILES string of the molecule is CN(c1ccc2cc(O[C@H]3CC[C@H]([Si](C)(C)C)CC3)ccc2c1)C12CCC(C(=O)O)(CC1)CC2. The molecule has 2 bridgehead atoms. The van der Waals surface area contributed by atoms with E-state index in [2.05, 4.69) is 68.0 Å². The molecule has 4 fully saturated rings. The summed E-state index contributed by atoms with van der Waals surface area (Å²) in [6, 6.07) is 13.3. The summed E-state index contributed by atoms with van der Waals surface area (Å²) in [5.74, 6) is 0.407. The average Bonchev–Trinajstić information content (AvgIpc) is 2.84. The van der Waals surface area contributed by atoms with Crippen LogP contribution in [-0.2, 0) is 4.79 Å². The Labute approximate surface area is 205 Å². The smallest absolute Gasteiger partial charge is 0.309 e. The molecule has 4 aliphatic carbocycles. The zero-order valence-electron chi connectivity index (χ0n) is 21.4. The standard InChI is InChI=1S/C29H41NO3Si/c1-30(29-16-13-28(14-17-29,15-18-29)27(31)32)23-7-5-22-20-25(8-6-21(22)19-23)33-24-9-11-26(12-10-24)34(2,3)4/h5-8,19-20,24,26H,9-18H2,1-4H3,(H,31,32)/t24-,26-,28?,29?. The molecule has 0 amide bonds. The number of fused-ring (bicyclic) bond motifs is 4. The van der Waals surface area contributed by atoms with Crippen molar-refractivity contribution in [1.82, 2.24) is 0 Å². The third kappa shape index (κ3) is 4.25. The number of carboxylic acid groups (broad SMARTS) is 1. The van der Waals surface area contributed by atoms with Crippen LogP contribution in [0.25, 0.3) is 10.8 Å². The number of carbonyl (C=O) groups is 1. The van der Waals surface area contributed by atoms with Gasteiger partial charge in [-0.1, -0.05) is 31.8 Å². The monoisotopic (exact) mass is 479 g/mol. The van der Waals surface area contributed by atoms with Crippen molar-refractivity contribution in [3.63, 3.8) is 0 Å². The number of rotatable bonds is 6. The predicted molar refractivity (Wildman–Crippen MR) is 143 cm³/mol. The lowest BCUT2D eigenvalue weighted by atomic mass is 9.56. The number of ether oxygens (including phenoxy) is 1. The zero-order valence-corrected chi connectivity index (χ0v) is 22.4. The van der Waals surface area contributed by atoms with E-state index in [4.69, 9.17) is 4.74 Å². The van der Waals surface area contributed by atoms with Gasteiger partial charge >= 0.3 is 5.97 Å². The molecule has 6 rings (SSSR count). The van der Waals surface area contributed by atoms with Gasteiger partial charge in [0.25, 0.3) is 0 Å². The topological polar surface area (TPSA) is 49.8 Å². The number of carboxylic acids is 1. The Balaban J connectivity index is 1.26. The van der Waals surface area contributed by atoms with E-state index in [1.165, 1.54) is 42.1 Å². The van der Waals surface area contributed by atoms with E-state index in [0.29, 0.717) is 6.10 Å². The highest BCUT2D eigenvalue weighted by Crippen LogP contribution is 2.55. The van der Waals surface area contributed by atoms with Crippen LogP contribution >= 0.6 is 0 Å². The van der Waals surface area contributed by atoms with Crippen molar-refractivity contribution in [1.29, 1.82) is 0 Å². The van der Waals surface area contributed by atoms with Gasteiger partial charge in [-0.15, -0.1) is 0 Å². The molecule has 0 saturated heterocycles. The molecule has 0 aromatic heterocycles. The van der Waals surface area contributed by atoms with E-state index in [1.54, 1.807) is 0 Å². The first-order valence-electron chi connectivity index (χ1n) is 13.3. The molecular weight excluding hydrogens is 438 g/mol. The Kier molecular flexibility index (Phi) is 5.98. The number of aliphatic carboxylic acids is 1. The number of hydrogen-bond donors (Lipinski definition) is 1. The number of nitrogens with zero attached hydrogens (tertiary/aromatic N) is 1. The van der Waals surface area contributed by atoms with Gasteiger partial charge in [-0.25, -0.2) is 0 Å². The Morgan fingerprint density at radius 2 is 1.50 bits per heavy atom. The third-order valence-electron chi connectivity index (χ3n) is 9.76. The van der Waals surface area contributed by atoms with Crippen molar-refractivity contribution < 1.29 is 14.6 Å². The van der Waals surface area contributed by atoms with Crippen molar-refractivity contribution in [3.05, 3.63) is 36.4 Å². The van der Waals surface area contributed by atoms with Crippen LogP contribution in [0.1, 0.15) is 64.2 Å². The van der Waals surface area contributed by atoms with Crippen molar-refractivity contribution in [2.75, 3.05) is 11.9 Å². The Hall–Kier alpha value is -2.01. The van der Waals surface area contributed by atoms with Gasteiger partial charge < -0.3 is 14.7 Å².